The second kappa shape index (κ2) is 6.41. The summed E-state index contributed by atoms with van der Waals surface area (Å²) in [6, 6.07) is 6.70. The minimum atomic E-state index is -0.304. The van der Waals surface area contributed by atoms with Gasteiger partial charge in [0.25, 0.3) is 5.91 Å². The van der Waals surface area contributed by atoms with Gasteiger partial charge in [-0.15, -0.1) is 0 Å². The number of benzene rings is 1. The van der Waals surface area contributed by atoms with Crippen LogP contribution < -0.4 is 11.1 Å². The molecule has 0 bridgehead atoms. The Labute approximate surface area is 154 Å². The van der Waals surface area contributed by atoms with Crippen molar-refractivity contribution in [1.29, 1.82) is 5.41 Å². The van der Waals surface area contributed by atoms with E-state index in [1.165, 1.54) is 18.7 Å². The molecule has 0 unspecified atom stereocenters. The molecule has 0 saturated carbocycles. The number of rotatable bonds is 4. The summed E-state index contributed by atoms with van der Waals surface area (Å²) in [7, 11) is 0. The molecule has 1 aromatic carbocycles. The third kappa shape index (κ3) is 2.93. The van der Waals surface area contributed by atoms with E-state index in [1.54, 1.807) is 41.2 Å². The van der Waals surface area contributed by atoms with E-state index in [1.807, 2.05) is 6.92 Å². The summed E-state index contributed by atoms with van der Waals surface area (Å²) in [4.78, 5) is 21.0. The van der Waals surface area contributed by atoms with Gasteiger partial charge in [-0.1, -0.05) is 0 Å². The fourth-order valence-electron chi connectivity index (χ4n) is 2.83. The number of imidazole rings is 1. The molecule has 0 aliphatic rings. The number of hydrogen-bond donors (Lipinski definition) is 3. The number of carbonyl (C=O) groups is 1. The lowest BCUT2D eigenvalue weighted by atomic mass is 10.0. The summed E-state index contributed by atoms with van der Waals surface area (Å²) in [6.45, 7) is 1.83. The van der Waals surface area contributed by atoms with Gasteiger partial charge < -0.3 is 15.5 Å². The van der Waals surface area contributed by atoms with Crippen molar-refractivity contribution < 1.29 is 9.21 Å². The number of fused-ring (bicyclic) bond motifs is 1. The normalized spacial score (nSPS) is 10.9. The van der Waals surface area contributed by atoms with Crippen LogP contribution in [0.5, 0.6) is 0 Å². The molecule has 0 aliphatic carbocycles. The van der Waals surface area contributed by atoms with Crippen LogP contribution in [0, 0.1) is 12.3 Å². The van der Waals surface area contributed by atoms with Crippen molar-refractivity contribution in [3.05, 3.63) is 77.9 Å². The fourth-order valence-corrected chi connectivity index (χ4v) is 2.83. The number of nitrogens with two attached hydrogens (primary N) is 1. The van der Waals surface area contributed by atoms with E-state index in [9.17, 15) is 4.79 Å². The molecule has 0 aliphatic heterocycles. The molecular formula is C19H16N6O2. The van der Waals surface area contributed by atoms with E-state index in [0.29, 0.717) is 33.7 Å². The summed E-state index contributed by atoms with van der Waals surface area (Å²) in [6.07, 6.45) is 7.73. The molecule has 0 saturated heterocycles. The van der Waals surface area contributed by atoms with Crippen LogP contribution in [0.1, 0.15) is 27.2 Å². The van der Waals surface area contributed by atoms with Crippen molar-refractivity contribution in [3.8, 4) is 0 Å². The SMILES string of the molecule is Cc1c(C(=O)Nc2ccc(N)c(C(=N)c3ccoc3)c2)cnc2cncn12. The van der Waals surface area contributed by atoms with Gasteiger partial charge in [-0.3, -0.25) is 14.6 Å². The van der Waals surface area contributed by atoms with Crippen LogP contribution in [0.4, 0.5) is 11.4 Å². The van der Waals surface area contributed by atoms with Crippen molar-refractivity contribution >= 4 is 28.6 Å². The number of furan rings is 1. The van der Waals surface area contributed by atoms with E-state index in [0.717, 1.165) is 5.69 Å². The molecule has 0 radical (unpaired) electrons. The topological polar surface area (TPSA) is 122 Å². The number of anilines is 2. The van der Waals surface area contributed by atoms with Crippen molar-refractivity contribution in [2.24, 2.45) is 0 Å². The molecule has 0 atom stereocenters. The average molecular weight is 360 g/mol. The first-order valence-electron chi connectivity index (χ1n) is 8.14. The fraction of sp³-hybridized carbons (Fsp3) is 0.0526. The van der Waals surface area contributed by atoms with Gasteiger partial charge in [-0.25, -0.2) is 9.97 Å². The summed E-state index contributed by atoms with van der Waals surface area (Å²) in [5.74, 6) is -0.304. The van der Waals surface area contributed by atoms with Crippen LogP contribution >= 0.6 is 0 Å². The molecule has 1 amide bonds. The van der Waals surface area contributed by atoms with E-state index >= 15 is 0 Å². The van der Waals surface area contributed by atoms with E-state index in [2.05, 4.69) is 15.3 Å². The predicted molar refractivity (Wildman–Crippen MR) is 101 cm³/mol. The first kappa shape index (κ1) is 16.5. The molecule has 0 fully saturated rings. The zero-order valence-electron chi connectivity index (χ0n) is 14.4. The van der Waals surface area contributed by atoms with Gasteiger partial charge in [0.15, 0.2) is 5.65 Å². The Kier molecular flexibility index (Phi) is 3.92. The predicted octanol–water partition coefficient (Wildman–Crippen LogP) is 2.88. The highest BCUT2D eigenvalue weighted by molar-refractivity contribution is 6.14. The summed E-state index contributed by atoms with van der Waals surface area (Å²) in [5, 5.41) is 11.1. The maximum Gasteiger partial charge on any atom is 0.259 e. The molecule has 8 nitrogen and oxygen atoms in total. The first-order valence-corrected chi connectivity index (χ1v) is 8.14. The molecule has 27 heavy (non-hydrogen) atoms. The van der Waals surface area contributed by atoms with Crippen LogP contribution in [0.25, 0.3) is 5.65 Å². The lowest BCUT2D eigenvalue weighted by Crippen LogP contribution is -2.16. The summed E-state index contributed by atoms with van der Waals surface area (Å²) >= 11 is 0. The number of amides is 1. The van der Waals surface area contributed by atoms with Gasteiger partial charge in [0.2, 0.25) is 0 Å². The number of aromatic nitrogens is 3. The third-order valence-electron chi connectivity index (χ3n) is 4.33. The lowest BCUT2D eigenvalue weighted by Gasteiger charge is -2.12. The number of nitrogen functional groups attached to an aromatic ring is 1. The largest absolute Gasteiger partial charge is 0.472 e. The van der Waals surface area contributed by atoms with Gasteiger partial charge in [0.05, 0.1) is 30.0 Å². The van der Waals surface area contributed by atoms with Crippen LogP contribution in [-0.2, 0) is 0 Å². The molecule has 3 aromatic heterocycles. The Morgan fingerprint density at radius 2 is 2.11 bits per heavy atom. The quantitative estimate of drug-likeness (QED) is 0.381. The molecular weight excluding hydrogens is 344 g/mol. The highest BCUT2D eigenvalue weighted by atomic mass is 16.3. The molecule has 4 aromatic rings. The van der Waals surface area contributed by atoms with E-state index < -0.39 is 0 Å². The van der Waals surface area contributed by atoms with Gasteiger partial charge in [0.1, 0.15) is 6.33 Å². The maximum absolute atomic E-state index is 12.7. The highest BCUT2D eigenvalue weighted by Crippen LogP contribution is 2.22. The Balaban J connectivity index is 1.64. The zero-order chi connectivity index (χ0) is 19.0. The molecule has 134 valence electrons. The lowest BCUT2D eigenvalue weighted by molar-refractivity contribution is 0.102. The third-order valence-corrected chi connectivity index (χ3v) is 4.33. The Hall–Kier alpha value is -3.94. The van der Waals surface area contributed by atoms with E-state index in [-0.39, 0.29) is 11.6 Å². The Bertz CT molecular complexity index is 1160. The minimum absolute atomic E-state index is 0.218. The highest BCUT2D eigenvalue weighted by Gasteiger charge is 2.15. The minimum Gasteiger partial charge on any atom is -0.472 e. The number of hydrogen-bond acceptors (Lipinski definition) is 6. The standard InChI is InChI=1S/C19H16N6O2/c1-11-15(7-23-17-8-22-10-25(11)17)19(26)24-13-2-3-16(20)14(6-13)18(21)12-4-5-27-9-12/h2-10,21H,20H2,1H3,(H,24,26). The summed E-state index contributed by atoms with van der Waals surface area (Å²) in [5.41, 5.74) is 10.2. The molecule has 3 heterocycles. The summed E-state index contributed by atoms with van der Waals surface area (Å²) < 4.78 is 6.77. The van der Waals surface area contributed by atoms with E-state index in [4.69, 9.17) is 15.6 Å². The number of nitrogens with one attached hydrogen (secondary N) is 2. The Morgan fingerprint density at radius 3 is 2.89 bits per heavy atom. The smallest absolute Gasteiger partial charge is 0.259 e. The van der Waals surface area contributed by atoms with Gasteiger partial charge in [-0.05, 0) is 31.2 Å². The molecule has 4 N–H and O–H groups in total. The van der Waals surface area contributed by atoms with Crippen molar-refractivity contribution in [3.63, 3.8) is 0 Å². The van der Waals surface area contributed by atoms with Crippen LogP contribution in [0.2, 0.25) is 0 Å². The second-order valence-electron chi connectivity index (χ2n) is 6.02. The van der Waals surface area contributed by atoms with Gasteiger partial charge >= 0.3 is 0 Å². The van der Waals surface area contributed by atoms with Crippen LogP contribution in [0.3, 0.4) is 0 Å². The second-order valence-corrected chi connectivity index (χ2v) is 6.02. The number of carbonyl (C=O) groups excluding carboxylic acids is 1. The molecule has 4 rings (SSSR count). The van der Waals surface area contributed by atoms with Gasteiger partial charge in [-0.2, -0.15) is 0 Å². The maximum atomic E-state index is 12.7. The van der Waals surface area contributed by atoms with Crippen LogP contribution in [0.15, 0.2) is 59.9 Å². The first-order chi connectivity index (χ1) is 13.0. The Morgan fingerprint density at radius 1 is 1.26 bits per heavy atom. The van der Waals surface area contributed by atoms with Crippen LogP contribution in [-0.4, -0.2) is 26.0 Å². The van der Waals surface area contributed by atoms with Gasteiger partial charge in [0, 0.05) is 34.4 Å². The average Bonchev–Trinajstić information content (AvgIpc) is 3.35. The van der Waals surface area contributed by atoms with Crippen molar-refractivity contribution in [1.82, 2.24) is 14.4 Å². The molecule has 8 heteroatoms. The molecule has 0 spiro atoms. The monoisotopic (exact) mass is 360 g/mol. The zero-order valence-corrected chi connectivity index (χ0v) is 14.4. The number of nitrogens with zero attached hydrogens (tertiary/aromatic N) is 3. The van der Waals surface area contributed by atoms with Crippen molar-refractivity contribution in [2.75, 3.05) is 11.1 Å². The van der Waals surface area contributed by atoms with Crippen molar-refractivity contribution in [2.45, 2.75) is 6.92 Å². The number of aryl methyl sites for hydroxylation is 1.